The van der Waals surface area contributed by atoms with E-state index in [-0.39, 0.29) is 120 Å². The zero-order valence-electron chi connectivity index (χ0n) is 57.2. The van der Waals surface area contributed by atoms with Crippen molar-refractivity contribution < 1.29 is 99.8 Å². The summed E-state index contributed by atoms with van der Waals surface area (Å²) in [7, 11) is 5.21. The Balaban J connectivity index is 0.816. The molecule has 0 aromatic heterocycles. The summed E-state index contributed by atoms with van der Waals surface area (Å²) in [6.07, 6.45) is -5.37. The second-order valence-corrected chi connectivity index (χ2v) is 24.1. The number of benzene rings is 6. The molecule has 10 rings (SSSR count). The number of methoxy groups -OCH3 is 4. The number of hydrogen-bond donors (Lipinski definition) is 3. The van der Waals surface area contributed by atoms with Crippen LogP contribution in [-0.2, 0) is 82.3 Å². The second-order valence-electron chi connectivity index (χ2n) is 24.1. The molecule has 1 saturated heterocycles. The van der Waals surface area contributed by atoms with Crippen molar-refractivity contribution in [3.05, 3.63) is 179 Å². The molecule has 101 heavy (non-hydrogen) atoms. The molecule has 6 aromatic carbocycles. The Morgan fingerprint density at radius 3 is 1.13 bits per heavy atom. The molecule has 4 heterocycles. The van der Waals surface area contributed by atoms with Crippen molar-refractivity contribution in [2.75, 3.05) is 114 Å². The molecule has 3 N–H and O–H groups in total. The number of carbonyl (C=O) groups excluding carboxylic acids is 6. The van der Waals surface area contributed by atoms with Crippen molar-refractivity contribution in [3.63, 3.8) is 0 Å². The number of nitrogens with one attached hydrogen (secondary N) is 3. The average Bonchev–Trinajstić information content (AvgIpc) is 0.733. The van der Waals surface area contributed by atoms with E-state index < -0.39 is 54.8 Å². The Hall–Kier alpha value is -9.42. The number of fused-ring (bicyclic) bond motifs is 3. The molecule has 3 amide bonds. The monoisotopic (exact) mass is 1400 g/mol. The summed E-state index contributed by atoms with van der Waals surface area (Å²) in [5, 5.41) is 9.09. The lowest BCUT2D eigenvalue weighted by Gasteiger charge is -2.46. The number of para-hydroxylation sites is 3. The highest BCUT2D eigenvalue weighted by Crippen LogP contribution is 2.43. The third-order valence-electron chi connectivity index (χ3n) is 17.3. The predicted molar refractivity (Wildman–Crippen MR) is 363 cm³/mol. The molecule has 0 bridgehead atoms. The summed E-state index contributed by atoms with van der Waals surface area (Å²) in [5.74, 6) is 1.56. The van der Waals surface area contributed by atoms with E-state index in [1.807, 2.05) is 124 Å². The first-order valence-corrected chi connectivity index (χ1v) is 33.7. The van der Waals surface area contributed by atoms with Crippen LogP contribution in [0.25, 0.3) is 0 Å². The van der Waals surface area contributed by atoms with Gasteiger partial charge in [-0.3, -0.25) is 29.1 Å². The van der Waals surface area contributed by atoms with Crippen LogP contribution in [0, 0.1) is 0 Å². The Morgan fingerprint density at radius 2 is 0.782 bits per heavy atom. The van der Waals surface area contributed by atoms with E-state index in [4.69, 9.17) is 56.8 Å². The van der Waals surface area contributed by atoms with Crippen molar-refractivity contribution in [1.82, 2.24) is 30.7 Å². The Labute approximate surface area is 586 Å². The van der Waals surface area contributed by atoms with Crippen LogP contribution in [0.3, 0.4) is 0 Å². The van der Waals surface area contributed by atoms with E-state index in [0.29, 0.717) is 75.8 Å². The number of carbonyl (C=O) groups is 6. The highest BCUT2D eigenvalue weighted by Gasteiger charge is 2.50. The quantitative estimate of drug-likeness (QED) is 0.0113. The molecule has 5 atom stereocenters. The third kappa shape index (κ3) is 20.4. The average molecular weight is 1400 g/mol. The summed E-state index contributed by atoms with van der Waals surface area (Å²) in [6.45, 7) is 4.34. The fraction of sp³-hybridized carbons (Fsp3) is 0.432. The summed E-state index contributed by atoms with van der Waals surface area (Å²) >= 11 is 0. The van der Waals surface area contributed by atoms with Crippen LogP contribution < -0.4 is 44.4 Å². The van der Waals surface area contributed by atoms with Gasteiger partial charge in [-0.2, -0.15) is 0 Å². The van der Waals surface area contributed by atoms with Crippen LogP contribution in [0.15, 0.2) is 146 Å². The number of nitrogens with zero attached hydrogens (tertiary/aromatic N) is 3. The highest BCUT2D eigenvalue weighted by molar-refractivity contribution is 5.77. The topological polar surface area (TPSA) is 287 Å². The molecule has 0 radical (unpaired) electrons. The minimum atomic E-state index is -1.16. The molecule has 6 aromatic rings. The summed E-state index contributed by atoms with van der Waals surface area (Å²) < 4.78 is 88.9. The maximum Gasteiger partial charge on any atom is 0.513 e. The van der Waals surface area contributed by atoms with Crippen LogP contribution >= 0.6 is 0 Å². The molecular formula is C74H88N6O21. The molecule has 27 heteroatoms. The molecule has 540 valence electrons. The van der Waals surface area contributed by atoms with Gasteiger partial charge in [0.1, 0.15) is 50.2 Å². The summed E-state index contributed by atoms with van der Waals surface area (Å²) in [6, 6.07) is 45.7. The highest BCUT2D eigenvalue weighted by atomic mass is 16.7. The zero-order chi connectivity index (χ0) is 70.8. The minimum absolute atomic E-state index is 0.0457. The van der Waals surface area contributed by atoms with Crippen molar-refractivity contribution in [2.45, 2.75) is 94.5 Å². The number of ether oxygens (including phenoxy) is 15. The maximum atomic E-state index is 13.4. The first-order valence-electron chi connectivity index (χ1n) is 33.7. The number of hydrogen-bond acceptors (Lipinski definition) is 24. The first-order chi connectivity index (χ1) is 49.3. The van der Waals surface area contributed by atoms with Gasteiger partial charge in [-0.1, -0.05) is 127 Å². The van der Waals surface area contributed by atoms with Gasteiger partial charge in [0, 0.05) is 122 Å². The smallest absolute Gasteiger partial charge is 0.474 e. The van der Waals surface area contributed by atoms with Gasteiger partial charge in [-0.25, -0.2) is 14.4 Å². The zero-order valence-corrected chi connectivity index (χ0v) is 57.2. The molecule has 27 nitrogen and oxygen atoms in total. The van der Waals surface area contributed by atoms with E-state index in [1.165, 1.54) is 28.4 Å². The van der Waals surface area contributed by atoms with Gasteiger partial charge in [-0.05, 0) is 54.2 Å². The fourth-order valence-corrected chi connectivity index (χ4v) is 12.3. The summed E-state index contributed by atoms with van der Waals surface area (Å²) in [4.78, 5) is 81.7. The molecule has 0 aliphatic carbocycles. The minimum Gasteiger partial charge on any atom is -0.474 e. The van der Waals surface area contributed by atoms with Gasteiger partial charge in [0.05, 0.1) is 27.9 Å². The van der Waals surface area contributed by atoms with Crippen LogP contribution in [-0.4, -0.2) is 196 Å². The number of amides is 3. The van der Waals surface area contributed by atoms with Crippen molar-refractivity contribution >= 4 is 36.2 Å². The van der Waals surface area contributed by atoms with Gasteiger partial charge in [0.15, 0.2) is 40.8 Å². The van der Waals surface area contributed by atoms with Crippen molar-refractivity contribution in [3.8, 4) is 34.5 Å². The molecular weight excluding hydrogens is 1310 g/mol. The van der Waals surface area contributed by atoms with Gasteiger partial charge >= 0.3 is 18.5 Å². The van der Waals surface area contributed by atoms with Crippen LogP contribution in [0.2, 0.25) is 0 Å². The van der Waals surface area contributed by atoms with E-state index in [2.05, 4.69) is 30.2 Å². The normalized spacial score (nSPS) is 18.1. The molecule has 1 fully saturated rings. The van der Waals surface area contributed by atoms with Gasteiger partial charge in [0.2, 0.25) is 17.7 Å². The van der Waals surface area contributed by atoms with Gasteiger partial charge < -0.3 is 87.0 Å². The Morgan fingerprint density at radius 1 is 0.436 bits per heavy atom. The van der Waals surface area contributed by atoms with Crippen LogP contribution in [0.1, 0.15) is 71.9 Å². The Bertz CT molecular complexity index is 3570. The molecule has 0 saturated carbocycles. The molecule has 4 aliphatic rings. The predicted octanol–water partition coefficient (Wildman–Crippen LogP) is 8.20. The lowest BCUT2D eigenvalue weighted by Crippen LogP contribution is -2.62. The van der Waals surface area contributed by atoms with Gasteiger partial charge in [0.25, 0.3) is 0 Å². The standard InChI is InChI=1S/C74H88N6O21/c1-87-70-69(93-43-19-37-77-63(83)34-40-80-46-53-22-16-31-59(66(53)96-50-80)101-73(86)90-4)68(92-42-18-36-76-62(82)33-39-79-45-52-21-15-30-58(65(52)95-49-79)100-72(85)89-3)67(91-41-17-35-75-61(81)32-38-78-44-51-20-14-29-57(64(51)94-48-78)99-71(84)88-2)60(98-70)47-97-74(54-23-8-5-9-24-54,55-25-10-6-11-26-55)56-27-12-7-13-28-56/h5-16,20-31,60,67-70H,17-19,32-50H2,1-4H3,(H,75,81)(H,76,82)(H,77,83)/t60-,67-,68+,69-,70+/m1/s1. The van der Waals surface area contributed by atoms with Crippen LogP contribution in [0.5, 0.6) is 34.5 Å². The Kier molecular flexibility index (Phi) is 27.8. The largest absolute Gasteiger partial charge is 0.513 e. The third-order valence-corrected chi connectivity index (χ3v) is 17.3. The second kappa shape index (κ2) is 37.8. The van der Waals surface area contributed by atoms with E-state index in [1.54, 1.807) is 36.4 Å². The maximum absolute atomic E-state index is 13.4. The van der Waals surface area contributed by atoms with E-state index >= 15 is 0 Å². The van der Waals surface area contributed by atoms with Crippen molar-refractivity contribution in [1.29, 1.82) is 0 Å². The van der Waals surface area contributed by atoms with Crippen molar-refractivity contribution in [2.24, 2.45) is 0 Å². The summed E-state index contributed by atoms with van der Waals surface area (Å²) in [5.41, 5.74) is 3.85. The SMILES string of the molecule is COC(=O)Oc1cccc2c1OCN(CCC(=O)NCCCO[C@@H]1[C@@H](OCCCNC(=O)CCN3COc4c(cccc4OC(=O)OC)C3)[C@@H](OC)O[C@H](COC(c3ccccc3)(c3ccccc3)c3ccccc3)[C@H]1OCCCNC(=O)CCN1COc3c(cccc3OC(=O)OC)C1)C2. The fourth-order valence-electron chi connectivity index (χ4n) is 12.3. The van der Waals surface area contributed by atoms with E-state index in [9.17, 15) is 28.8 Å². The van der Waals surface area contributed by atoms with E-state index in [0.717, 1.165) is 33.4 Å². The molecule has 0 spiro atoms. The molecule has 0 unspecified atom stereocenters. The van der Waals surface area contributed by atoms with Gasteiger partial charge in [-0.15, -0.1) is 0 Å². The lowest BCUT2D eigenvalue weighted by molar-refractivity contribution is -0.320. The van der Waals surface area contributed by atoms with Crippen LogP contribution in [0.4, 0.5) is 14.4 Å². The first kappa shape index (κ1) is 74.3. The molecule has 4 aliphatic heterocycles. The lowest BCUT2D eigenvalue weighted by atomic mass is 9.80. The number of rotatable bonds is 34.